The van der Waals surface area contributed by atoms with Crippen molar-refractivity contribution in [3.8, 4) is 23.3 Å². The maximum Gasteiger partial charge on any atom is 0.298 e. The van der Waals surface area contributed by atoms with Gasteiger partial charge < -0.3 is 24.7 Å². The van der Waals surface area contributed by atoms with Crippen LogP contribution in [0, 0.1) is 35.8 Å². The van der Waals surface area contributed by atoms with Crippen molar-refractivity contribution in [2.75, 3.05) is 20.6 Å². The number of hydrogen-bond acceptors (Lipinski definition) is 7. The number of nitro benzene ring substituents is 1. The summed E-state index contributed by atoms with van der Waals surface area (Å²) in [6.45, 7) is 4.68. The standard InChI is InChI=1S/C29H31N3O6/c1-16-5-6-18(13-17(16)2)7-8-24(34)31(4)20-9-10-29(35)23-14-19-21(32(36)37)15-22(33)26-25(19)28(29,27(20)38-26)11-12-30(23)3/h5-6,13,15,20,23,27,33,35H,9-12,14H2,1-4H3/t20-,23-,27+,28+,29-/m1/s1. The van der Waals surface area contributed by atoms with Gasteiger partial charge in [-0.3, -0.25) is 14.9 Å². The molecule has 1 saturated carbocycles. The maximum atomic E-state index is 13.3. The van der Waals surface area contributed by atoms with Crippen LogP contribution < -0.4 is 4.74 Å². The quantitative estimate of drug-likeness (QED) is 0.357. The minimum Gasteiger partial charge on any atom is -0.504 e. The number of benzene rings is 2. The Bertz CT molecular complexity index is 1460. The lowest BCUT2D eigenvalue weighted by atomic mass is 9.48. The topological polar surface area (TPSA) is 116 Å². The normalized spacial score (nSPS) is 30.5. The molecule has 2 aliphatic heterocycles. The Morgan fingerprint density at radius 1 is 1.26 bits per heavy atom. The zero-order chi connectivity index (χ0) is 27.1. The van der Waals surface area contributed by atoms with E-state index in [0.29, 0.717) is 43.4 Å². The van der Waals surface area contributed by atoms with Crippen LogP contribution in [0.3, 0.4) is 0 Å². The van der Waals surface area contributed by atoms with Gasteiger partial charge in [0, 0.05) is 35.7 Å². The molecule has 198 valence electrons. The third kappa shape index (κ3) is 3.10. The fourth-order valence-electron chi connectivity index (χ4n) is 7.54. The Morgan fingerprint density at radius 3 is 2.74 bits per heavy atom. The average Bonchev–Trinajstić information content (AvgIpc) is 3.23. The molecule has 1 amide bonds. The molecule has 0 radical (unpaired) electrons. The number of nitro groups is 1. The molecule has 2 bridgehead atoms. The van der Waals surface area contributed by atoms with Crippen LogP contribution in [0.5, 0.6) is 11.5 Å². The monoisotopic (exact) mass is 517 g/mol. The number of phenols is 1. The lowest BCUT2D eigenvalue weighted by Crippen LogP contribution is -2.77. The lowest BCUT2D eigenvalue weighted by Gasteiger charge is -2.64. The molecule has 0 unspecified atom stereocenters. The minimum atomic E-state index is -1.21. The highest BCUT2D eigenvalue weighted by molar-refractivity contribution is 5.94. The van der Waals surface area contributed by atoms with E-state index in [0.717, 1.165) is 22.8 Å². The summed E-state index contributed by atoms with van der Waals surface area (Å²) in [7, 11) is 3.62. The summed E-state index contributed by atoms with van der Waals surface area (Å²) in [5.74, 6) is 5.25. The number of likely N-dealkylation sites (tertiary alicyclic amines) is 1. The van der Waals surface area contributed by atoms with Gasteiger partial charge in [-0.05, 0) is 76.4 Å². The highest BCUT2D eigenvalue weighted by Gasteiger charge is 2.74. The third-order valence-electron chi connectivity index (χ3n) is 9.64. The first kappa shape index (κ1) is 24.7. The van der Waals surface area contributed by atoms with Crippen molar-refractivity contribution in [2.24, 2.45) is 0 Å². The molecule has 5 atom stereocenters. The number of carbonyl (C=O) groups is 1. The second-order valence-corrected chi connectivity index (χ2v) is 11.3. The number of aryl methyl sites for hydroxylation is 2. The van der Waals surface area contributed by atoms with Gasteiger partial charge in [0.15, 0.2) is 11.5 Å². The molecule has 2 fully saturated rings. The van der Waals surface area contributed by atoms with Gasteiger partial charge >= 0.3 is 0 Å². The first-order valence-electron chi connectivity index (χ1n) is 13.0. The molecule has 2 aliphatic carbocycles. The van der Waals surface area contributed by atoms with Gasteiger partial charge in [-0.25, -0.2) is 0 Å². The number of phenolic OH excluding ortho intramolecular Hbond substituents is 1. The molecular weight excluding hydrogens is 486 g/mol. The molecule has 2 aromatic rings. The van der Waals surface area contributed by atoms with E-state index in [1.807, 2.05) is 39.1 Å². The number of ether oxygens (including phenoxy) is 1. The summed E-state index contributed by atoms with van der Waals surface area (Å²) in [5, 5.41) is 35.2. The van der Waals surface area contributed by atoms with E-state index in [1.165, 1.54) is 0 Å². The van der Waals surface area contributed by atoms with Gasteiger partial charge in [0.1, 0.15) is 6.10 Å². The second kappa shape index (κ2) is 8.19. The number of hydrogen-bond donors (Lipinski definition) is 2. The Hall–Kier alpha value is -3.61. The molecule has 4 aliphatic rings. The van der Waals surface area contributed by atoms with Crippen LogP contribution in [-0.2, 0) is 16.6 Å². The Kier molecular flexibility index (Phi) is 5.33. The smallest absolute Gasteiger partial charge is 0.298 e. The van der Waals surface area contributed by atoms with Crippen LogP contribution in [0.15, 0.2) is 24.3 Å². The zero-order valence-corrected chi connectivity index (χ0v) is 21.9. The van der Waals surface area contributed by atoms with Gasteiger partial charge in [0.2, 0.25) is 0 Å². The lowest BCUT2D eigenvalue weighted by molar-refractivity contribution is -0.386. The fraction of sp³-hybridized carbons (Fsp3) is 0.483. The summed E-state index contributed by atoms with van der Waals surface area (Å²) in [6.07, 6.45) is 1.00. The number of aliphatic hydroxyl groups is 1. The average molecular weight is 518 g/mol. The molecule has 38 heavy (non-hydrogen) atoms. The maximum absolute atomic E-state index is 13.3. The Balaban J connectivity index is 1.42. The van der Waals surface area contributed by atoms with Crippen molar-refractivity contribution in [1.29, 1.82) is 0 Å². The highest BCUT2D eigenvalue weighted by atomic mass is 16.6. The van der Waals surface area contributed by atoms with Crippen molar-refractivity contribution in [3.05, 3.63) is 62.2 Å². The summed E-state index contributed by atoms with van der Waals surface area (Å²) in [4.78, 5) is 28.5. The molecule has 2 aromatic carbocycles. The second-order valence-electron chi connectivity index (χ2n) is 11.3. The molecule has 2 N–H and O–H groups in total. The number of rotatable bonds is 2. The number of likely N-dealkylation sites (N-methyl/N-ethyl adjacent to an activating group) is 2. The van der Waals surface area contributed by atoms with E-state index in [-0.39, 0.29) is 29.1 Å². The minimum absolute atomic E-state index is 0.155. The largest absolute Gasteiger partial charge is 0.504 e. The summed E-state index contributed by atoms with van der Waals surface area (Å²) >= 11 is 0. The molecule has 9 heteroatoms. The van der Waals surface area contributed by atoms with E-state index in [2.05, 4.69) is 16.7 Å². The fourth-order valence-corrected chi connectivity index (χ4v) is 7.54. The predicted molar refractivity (Wildman–Crippen MR) is 139 cm³/mol. The third-order valence-corrected chi connectivity index (χ3v) is 9.64. The van der Waals surface area contributed by atoms with Crippen LogP contribution in [0.2, 0.25) is 0 Å². The van der Waals surface area contributed by atoms with E-state index in [9.17, 15) is 25.1 Å². The first-order valence-corrected chi connectivity index (χ1v) is 13.0. The van der Waals surface area contributed by atoms with Gasteiger partial charge in [-0.1, -0.05) is 12.0 Å². The van der Waals surface area contributed by atoms with Crippen LogP contribution in [-0.4, -0.2) is 75.3 Å². The van der Waals surface area contributed by atoms with Crippen LogP contribution >= 0.6 is 0 Å². The van der Waals surface area contributed by atoms with E-state index in [1.54, 1.807) is 11.9 Å². The molecule has 6 rings (SSSR count). The van der Waals surface area contributed by atoms with Crippen LogP contribution in [0.25, 0.3) is 0 Å². The first-order chi connectivity index (χ1) is 18.0. The van der Waals surface area contributed by atoms with E-state index >= 15 is 0 Å². The molecule has 2 heterocycles. The molecule has 1 spiro atoms. The van der Waals surface area contributed by atoms with Gasteiger partial charge in [0.05, 0.1) is 28.0 Å². The number of nitrogens with zero attached hydrogens (tertiary/aromatic N) is 3. The van der Waals surface area contributed by atoms with Gasteiger partial charge in [-0.15, -0.1) is 0 Å². The summed E-state index contributed by atoms with van der Waals surface area (Å²) in [5.41, 5.74) is 1.72. The molecule has 0 aromatic heterocycles. The van der Waals surface area contributed by atoms with Gasteiger partial charge in [-0.2, -0.15) is 0 Å². The van der Waals surface area contributed by atoms with Crippen molar-refractivity contribution >= 4 is 11.6 Å². The Labute approximate surface area is 221 Å². The molecule has 9 nitrogen and oxygen atoms in total. The van der Waals surface area contributed by atoms with E-state index < -0.39 is 28.1 Å². The van der Waals surface area contributed by atoms with Crippen LogP contribution in [0.4, 0.5) is 5.69 Å². The van der Waals surface area contributed by atoms with E-state index in [4.69, 9.17) is 4.74 Å². The zero-order valence-electron chi connectivity index (χ0n) is 21.9. The van der Waals surface area contributed by atoms with Crippen molar-refractivity contribution < 1.29 is 24.7 Å². The van der Waals surface area contributed by atoms with Crippen LogP contribution in [0.1, 0.15) is 47.1 Å². The summed E-state index contributed by atoms with van der Waals surface area (Å²) in [6, 6.07) is 6.19. The number of aromatic hydroxyl groups is 1. The highest BCUT2D eigenvalue weighted by Crippen LogP contribution is 2.66. The number of carbonyl (C=O) groups excluding carboxylic acids is 1. The molecular formula is C29H31N3O6. The van der Waals surface area contributed by atoms with Gasteiger partial charge in [0.25, 0.3) is 11.6 Å². The predicted octanol–water partition coefficient (Wildman–Crippen LogP) is 2.58. The summed E-state index contributed by atoms with van der Waals surface area (Å²) < 4.78 is 6.43. The number of piperidine rings is 1. The molecule has 1 saturated heterocycles. The Morgan fingerprint density at radius 2 is 2.03 bits per heavy atom. The van der Waals surface area contributed by atoms with Crippen molar-refractivity contribution in [1.82, 2.24) is 9.80 Å². The van der Waals surface area contributed by atoms with Crippen molar-refractivity contribution in [2.45, 2.75) is 68.7 Å². The van der Waals surface area contributed by atoms with Crippen molar-refractivity contribution in [3.63, 3.8) is 0 Å². The SMILES string of the molecule is Cc1ccc(C#CC(=O)N(C)[C@@H]2CC[C@@]3(O)[C@H]4Cc5c([N+](=O)[O-])cc(O)c6c5[C@@]3(CCN4C)[C@H]2O6)cc1C. The number of amides is 1.